The number of hydrogen-bond donors (Lipinski definition) is 0. The summed E-state index contributed by atoms with van der Waals surface area (Å²) in [5.41, 5.74) is 0. The third-order valence-corrected chi connectivity index (χ3v) is 4.65. The molecule has 0 aliphatic heterocycles. The lowest BCUT2D eigenvalue weighted by Gasteiger charge is -2.08. The van der Waals surface area contributed by atoms with Crippen LogP contribution in [0.5, 0.6) is 0 Å². The molecular weight excluding hydrogens is 244 g/mol. The molecule has 1 unspecified atom stereocenters. The first-order chi connectivity index (χ1) is 6.19. The van der Waals surface area contributed by atoms with Crippen LogP contribution in [0.1, 0.15) is 54.1 Å². The van der Waals surface area contributed by atoms with Crippen molar-refractivity contribution in [3.8, 4) is 0 Å². The summed E-state index contributed by atoms with van der Waals surface area (Å²) in [6.07, 6.45) is 2.51. The van der Waals surface area contributed by atoms with Gasteiger partial charge in [-0.25, -0.2) is 0 Å². The van der Waals surface area contributed by atoms with E-state index in [1.54, 1.807) is 4.88 Å². The van der Waals surface area contributed by atoms with Gasteiger partial charge in [-0.2, -0.15) is 0 Å². The first-order valence-corrected chi connectivity index (χ1v) is 6.65. The smallest absolute Gasteiger partial charge is 0.0461 e. The lowest BCUT2D eigenvalue weighted by molar-refractivity contribution is 0.653. The number of halogens is 1. The van der Waals surface area contributed by atoms with Crippen molar-refractivity contribution in [1.82, 2.24) is 0 Å². The molecule has 0 aromatic carbocycles. The lowest BCUT2D eigenvalue weighted by atomic mass is 10.0. The summed E-state index contributed by atoms with van der Waals surface area (Å²) in [6.45, 7) is 6.72. The van der Waals surface area contributed by atoms with Gasteiger partial charge in [-0.1, -0.05) is 29.8 Å². The second kappa shape index (κ2) is 5.16. The zero-order valence-electron chi connectivity index (χ0n) is 8.51. The van der Waals surface area contributed by atoms with Gasteiger partial charge in [0, 0.05) is 14.6 Å². The van der Waals surface area contributed by atoms with Gasteiger partial charge in [0.25, 0.3) is 0 Å². The zero-order valence-corrected chi connectivity index (χ0v) is 10.9. The number of thiophene rings is 1. The van der Waals surface area contributed by atoms with Gasteiger partial charge in [-0.15, -0.1) is 11.3 Å². The molecule has 0 aliphatic rings. The van der Waals surface area contributed by atoms with E-state index < -0.39 is 0 Å². The van der Waals surface area contributed by atoms with Gasteiger partial charge in [0.2, 0.25) is 0 Å². The molecule has 1 rings (SSSR count). The molecule has 0 N–H and O–H groups in total. The maximum atomic E-state index is 3.60. The molecule has 1 aromatic rings. The van der Waals surface area contributed by atoms with Crippen molar-refractivity contribution in [2.24, 2.45) is 0 Å². The highest BCUT2D eigenvalue weighted by Crippen LogP contribution is 2.34. The SMILES string of the molecule is CCC(CC)c1ccc(C(C)Br)s1. The molecule has 0 bridgehead atoms. The van der Waals surface area contributed by atoms with Gasteiger partial charge in [-0.3, -0.25) is 0 Å². The molecule has 1 aromatic heterocycles. The largest absolute Gasteiger partial charge is 0.144 e. The van der Waals surface area contributed by atoms with E-state index in [2.05, 4.69) is 48.8 Å². The van der Waals surface area contributed by atoms with E-state index >= 15 is 0 Å². The second-order valence-electron chi connectivity index (χ2n) is 3.37. The van der Waals surface area contributed by atoms with Crippen molar-refractivity contribution in [2.45, 2.75) is 44.4 Å². The molecule has 0 radical (unpaired) electrons. The third-order valence-electron chi connectivity index (χ3n) is 2.43. The summed E-state index contributed by atoms with van der Waals surface area (Å²) in [7, 11) is 0. The van der Waals surface area contributed by atoms with Gasteiger partial charge in [-0.05, 0) is 37.8 Å². The number of rotatable bonds is 4. The van der Waals surface area contributed by atoms with Crippen LogP contribution >= 0.6 is 27.3 Å². The van der Waals surface area contributed by atoms with Crippen LogP contribution in [0.25, 0.3) is 0 Å². The van der Waals surface area contributed by atoms with Gasteiger partial charge in [0.05, 0.1) is 0 Å². The van der Waals surface area contributed by atoms with Crippen LogP contribution in [0.15, 0.2) is 12.1 Å². The fourth-order valence-electron chi connectivity index (χ4n) is 1.49. The zero-order chi connectivity index (χ0) is 9.84. The summed E-state index contributed by atoms with van der Waals surface area (Å²) < 4.78 is 0. The molecule has 0 spiro atoms. The van der Waals surface area contributed by atoms with E-state index in [0.29, 0.717) is 4.83 Å². The van der Waals surface area contributed by atoms with Crippen molar-refractivity contribution in [3.63, 3.8) is 0 Å². The van der Waals surface area contributed by atoms with Crippen LogP contribution in [-0.4, -0.2) is 0 Å². The minimum absolute atomic E-state index is 0.501. The van der Waals surface area contributed by atoms with E-state index in [0.717, 1.165) is 5.92 Å². The van der Waals surface area contributed by atoms with Crippen molar-refractivity contribution < 1.29 is 0 Å². The Bertz CT molecular complexity index is 248. The van der Waals surface area contributed by atoms with Crippen molar-refractivity contribution in [1.29, 1.82) is 0 Å². The standard InChI is InChI=1S/C11H17BrS/c1-4-9(5-2)11-7-6-10(13-11)8(3)12/h6-9H,4-5H2,1-3H3. The predicted octanol–water partition coefficient (Wildman–Crippen LogP) is 5.11. The topological polar surface area (TPSA) is 0 Å². The Balaban J connectivity index is 2.78. The van der Waals surface area contributed by atoms with Crippen molar-refractivity contribution >= 4 is 27.3 Å². The van der Waals surface area contributed by atoms with E-state index in [4.69, 9.17) is 0 Å². The maximum Gasteiger partial charge on any atom is 0.0461 e. The van der Waals surface area contributed by atoms with Crippen LogP contribution in [0, 0.1) is 0 Å². The van der Waals surface area contributed by atoms with E-state index in [1.807, 2.05) is 11.3 Å². The minimum atomic E-state index is 0.501. The Morgan fingerprint density at radius 3 is 2.15 bits per heavy atom. The van der Waals surface area contributed by atoms with E-state index in [1.165, 1.54) is 17.7 Å². The van der Waals surface area contributed by atoms with Crippen LogP contribution in [0.3, 0.4) is 0 Å². The monoisotopic (exact) mass is 260 g/mol. The molecule has 2 heteroatoms. The Morgan fingerprint density at radius 1 is 1.23 bits per heavy atom. The quantitative estimate of drug-likeness (QED) is 0.661. The highest BCUT2D eigenvalue weighted by atomic mass is 79.9. The molecule has 0 amide bonds. The highest BCUT2D eigenvalue weighted by Gasteiger charge is 2.11. The lowest BCUT2D eigenvalue weighted by Crippen LogP contribution is -1.90. The fraction of sp³-hybridized carbons (Fsp3) is 0.636. The Morgan fingerprint density at radius 2 is 1.77 bits per heavy atom. The van der Waals surface area contributed by atoms with Crippen LogP contribution in [0.4, 0.5) is 0 Å². The number of hydrogen-bond acceptors (Lipinski definition) is 1. The summed E-state index contributed by atoms with van der Waals surface area (Å²) in [6, 6.07) is 4.53. The minimum Gasteiger partial charge on any atom is -0.144 e. The summed E-state index contributed by atoms with van der Waals surface area (Å²) in [5.74, 6) is 0.769. The van der Waals surface area contributed by atoms with Gasteiger partial charge >= 0.3 is 0 Å². The molecule has 0 saturated heterocycles. The van der Waals surface area contributed by atoms with Gasteiger partial charge < -0.3 is 0 Å². The second-order valence-corrected chi connectivity index (χ2v) is 5.89. The van der Waals surface area contributed by atoms with Crippen molar-refractivity contribution in [2.75, 3.05) is 0 Å². The third kappa shape index (κ3) is 2.81. The Hall–Kier alpha value is 0.180. The van der Waals surface area contributed by atoms with Crippen molar-refractivity contribution in [3.05, 3.63) is 21.9 Å². The first-order valence-electron chi connectivity index (χ1n) is 4.92. The van der Waals surface area contributed by atoms with E-state index in [-0.39, 0.29) is 0 Å². The summed E-state index contributed by atoms with van der Waals surface area (Å²) >= 11 is 5.55. The van der Waals surface area contributed by atoms with Gasteiger partial charge in [0.15, 0.2) is 0 Å². The predicted molar refractivity (Wildman–Crippen MR) is 65.0 cm³/mol. The Labute approximate surface area is 93.5 Å². The summed E-state index contributed by atoms with van der Waals surface area (Å²) in [5, 5.41) is 0. The molecule has 0 nitrogen and oxygen atoms in total. The molecule has 13 heavy (non-hydrogen) atoms. The highest BCUT2D eigenvalue weighted by molar-refractivity contribution is 9.09. The maximum absolute atomic E-state index is 3.60. The molecular formula is C11H17BrS. The average Bonchev–Trinajstić information content (AvgIpc) is 2.56. The molecule has 74 valence electrons. The average molecular weight is 261 g/mol. The van der Waals surface area contributed by atoms with Crippen LogP contribution < -0.4 is 0 Å². The molecule has 0 saturated carbocycles. The first kappa shape index (κ1) is 11.3. The molecule has 0 aliphatic carbocycles. The van der Waals surface area contributed by atoms with Crippen LogP contribution in [0.2, 0.25) is 0 Å². The molecule has 1 atom stereocenters. The number of alkyl halides is 1. The Kier molecular flexibility index (Phi) is 4.47. The summed E-state index contributed by atoms with van der Waals surface area (Å²) in [4.78, 5) is 3.49. The van der Waals surface area contributed by atoms with Gasteiger partial charge in [0.1, 0.15) is 0 Å². The van der Waals surface area contributed by atoms with E-state index in [9.17, 15) is 0 Å². The normalized spacial score (nSPS) is 13.6. The molecule has 0 fully saturated rings. The fourth-order valence-corrected chi connectivity index (χ4v) is 3.13. The van der Waals surface area contributed by atoms with Crippen LogP contribution in [-0.2, 0) is 0 Å². The molecule has 1 heterocycles.